The zero-order valence-electron chi connectivity index (χ0n) is 19.8. The van der Waals surface area contributed by atoms with Crippen molar-refractivity contribution in [1.82, 2.24) is 9.80 Å². The molecule has 180 valence electrons. The van der Waals surface area contributed by atoms with Gasteiger partial charge >= 0.3 is 12.1 Å². The van der Waals surface area contributed by atoms with Crippen LogP contribution in [0.15, 0.2) is 30.0 Å². The van der Waals surface area contributed by atoms with E-state index in [4.69, 9.17) is 37.1 Å². The highest BCUT2D eigenvalue weighted by molar-refractivity contribution is 6.74. The number of esters is 1. The standard InChI is InChI=1S/C23H30Cl2N2O5Si/c1-22(2,3)33(5,6)32-14-12-17(26-10-11-31-21(26)29)27-19(23(27,13-14)20(28)30-4)18-15(24)8-7-9-16(18)25/h7-9,12,17,19H,10-11,13H2,1-6H3/t17-,19+,23+,27?/m0/s1. The Morgan fingerprint density at radius 1 is 1.24 bits per heavy atom. The number of fused-ring (bicyclic) bond motifs is 1. The first-order valence-electron chi connectivity index (χ1n) is 11.0. The van der Waals surface area contributed by atoms with E-state index in [1.807, 2.05) is 11.0 Å². The second-order valence-electron chi connectivity index (χ2n) is 10.3. The van der Waals surface area contributed by atoms with Crippen molar-refractivity contribution in [3.05, 3.63) is 45.6 Å². The minimum atomic E-state index is -2.22. The molecule has 1 amide bonds. The summed E-state index contributed by atoms with van der Waals surface area (Å²) in [6.45, 7) is 11.5. The molecule has 0 saturated carbocycles. The molecule has 0 aliphatic carbocycles. The number of hydrogen-bond donors (Lipinski definition) is 0. The highest BCUT2D eigenvalue weighted by Gasteiger charge is 2.75. The molecule has 7 nitrogen and oxygen atoms in total. The van der Waals surface area contributed by atoms with E-state index in [0.717, 1.165) is 0 Å². The fraction of sp³-hybridized carbons (Fsp3) is 0.565. The van der Waals surface area contributed by atoms with Gasteiger partial charge in [-0.15, -0.1) is 0 Å². The molecule has 3 aliphatic rings. The highest BCUT2D eigenvalue weighted by Crippen LogP contribution is 2.64. The van der Waals surface area contributed by atoms with Gasteiger partial charge in [0.25, 0.3) is 0 Å². The number of carbonyl (C=O) groups is 2. The molecule has 2 saturated heterocycles. The van der Waals surface area contributed by atoms with Crippen LogP contribution in [0.5, 0.6) is 0 Å². The van der Waals surface area contributed by atoms with Gasteiger partial charge in [-0.25, -0.2) is 9.59 Å². The minimum Gasteiger partial charge on any atom is -0.547 e. The second kappa shape index (κ2) is 8.18. The first-order valence-corrected chi connectivity index (χ1v) is 14.7. The lowest BCUT2D eigenvalue weighted by molar-refractivity contribution is -0.146. The topological polar surface area (TPSA) is 68.1 Å². The maximum atomic E-state index is 13.3. The average molecular weight is 513 g/mol. The second-order valence-corrected chi connectivity index (χ2v) is 15.8. The molecule has 3 heterocycles. The van der Waals surface area contributed by atoms with Crippen molar-refractivity contribution in [3.63, 3.8) is 0 Å². The van der Waals surface area contributed by atoms with Crippen LogP contribution in [-0.2, 0) is 18.7 Å². The number of rotatable bonds is 5. The fourth-order valence-corrected chi connectivity index (χ4v) is 6.26. The first kappa shape index (κ1) is 24.4. The first-order chi connectivity index (χ1) is 15.3. The number of cyclic esters (lactones) is 1. The lowest BCUT2D eigenvalue weighted by atomic mass is 9.93. The summed E-state index contributed by atoms with van der Waals surface area (Å²) in [4.78, 5) is 29.4. The number of ether oxygens (including phenoxy) is 2. The number of benzene rings is 1. The number of nitrogens with zero attached hydrogens (tertiary/aromatic N) is 2. The van der Waals surface area contributed by atoms with E-state index >= 15 is 0 Å². The van der Waals surface area contributed by atoms with E-state index in [-0.39, 0.29) is 11.6 Å². The van der Waals surface area contributed by atoms with E-state index in [9.17, 15) is 9.59 Å². The van der Waals surface area contributed by atoms with Gasteiger partial charge in [0.1, 0.15) is 18.3 Å². The molecule has 1 aromatic carbocycles. The lowest BCUT2D eigenvalue weighted by Gasteiger charge is -2.40. The SMILES string of the molecule is COC(=O)[C@]12CC(O[Si](C)(C)C(C)(C)C)=C[C@@H](N3CCOC3=O)N1[C@@H]2c1c(Cl)cccc1Cl. The molecular weight excluding hydrogens is 483 g/mol. The van der Waals surface area contributed by atoms with Crippen molar-refractivity contribution in [2.75, 3.05) is 20.3 Å². The minimum absolute atomic E-state index is 0.0412. The zero-order chi connectivity index (χ0) is 24.3. The molecule has 0 radical (unpaired) electrons. The largest absolute Gasteiger partial charge is 0.547 e. The van der Waals surface area contributed by atoms with Crippen LogP contribution in [0.25, 0.3) is 0 Å². The maximum absolute atomic E-state index is 13.3. The Hall–Kier alpha value is -1.74. The predicted octanol–water partition coefficient (Wildman–Crippen LogP) is 5.35. The molecular formula is C23H30Cl2N2O5Si. The van der Waals surface area contributed by atoms with E-state index in [2.05, 4.69) is 33.9 Å². The van der Waals surface area contributed by atoms with Crippen LogP contribution in [0, 0.1) is 0 Å². The average Bonchev–Trinajstić information content (AvgIpc) is 3.18. The summed E-state index contributed by atoms with van der Waals surface area (Å²) < 4.78 is 17.1. The Balaban J connectivity index is 1.83. The van der Waals surface area contributed by atoms with Gasteiger partial charge in [-0.05, 0) is 36.3 Å². The van der Waals surface area contributed by atoms with Gasteiger partial charge in [-0.3, -0.25) is 9.80 Å². The summed E-state index contributed by atoms with van der Waals surface area (Å²) in [7, 11) is -0.851. The molecule has 0 aromatic heterocycles. The van der Waals surface area contributed by atoms with Gasteiger partial charge in [0.2, 0.25) is 8.32 Å². The summed E-state index contributed by atoms with van der Waals surface area (Å²) in [5, 5.41) is 0.875. The Morgan fingerprint density at radius 2 is 1.88 bits per heavy atom. The molecule has 0 N–H and O–H groups in total. The third kappa shape index (κ3) is 3.85. The van der Waals surface area contributed by atoms with Crippen LogP contribution in [0.2, 0.25) is 28.2 Å². The van der Waals surface area contributed by atoms with Crippen molar-refractivity contribution >= 4 is 43.6 Å². The summed E-state index contributed by atoms with van der Waals surface area (Å²) in [5.41, 5.74) is -0.436. The molecule has 4 atom stereocenters. The monoisotopic (exact) mass is 512 g/mol. The molecule has 3 aliphatic heterocycles. The molecule has 0 bridgehead atoms. The van der Waals surface area contributed by atoms with Crippen molar-refractivity contribution in [3.8, 4) is 0 Å². The third-order valence-corrected chi connectivity index (χ3v) is 12.3. The smallest absolute Gasteiger partial charge is 0.411 e. The van der Waals surface area contributed by atoms with Crippen molar-refractivity contribution in [2.45, 2.75) is 63.1 Å². The Bertz CT molecular complexity index is 1000. The van der Waals surface area contributed by atoms with Crippen molar-refractivity contribution in [1.29, 1.82) is 0 Å². The number of halogens is 2. The summed E-state index contributed by atoms with van der Waals surface area (Å²) in [6, 6.07) is 4.79. The van der Waals surface area contributed by atoms with Crippen LogP contribution in [-0.4, -0.2) is 62.1 Å². The molecule has 4 rings (SSSR count). The molecule has 1 unspecified atom stereocenters. The van der Waals surface area contributed by atoms with Gasteiger partial charge in [-0.1, -0.05) is 50.0 Å². The van der Waals surface area contributed by atoms with Crippen LogP contribution in [0.1, 0.15) is 38.8 Å². The molecule has 10 heteroatoms. The Kier molecular flexibility index (Phi) is 6.05. The number of hydrogen-bond acceptors (Lipinski definition) is 6. The van der Waals surface area contributed by atoms with Gasteiger partial charge in [0.05, 0.1) is 25.5 Å². The number of carbonyl (C=O) groups excluding carboxylic acids is 2. The number of methoxy groups -OCH3 is 1. The summed E-state index contributed by atoms with van der Waals surface area (Å²) in [6.07, 6.45) is 1.25. The lowest BCUT2D eigenvalue weighted by Crippen LogP contribution is -2.49. The highest BCUT2D eigenvalue weighted by atomic mass is 35.5. The Morgan fingerprint density at radius 3 is 2.39 bits per heavy atom. The van der Waals surface area contributed by atoms with Crippen LogP contribution >= 0.6 is 23.2 Å². The van der Waals surface area contributed by atoms with Gasteiger partial charge in [0, 0.05) is 22.0 Å². The van der Waals surface area contributed by atoms with Crippen LogP contribution in [0.4, 0.5) is 4.79 Å². The molecule has 1 aromatic rings. The molecule has 2 fully saturated rings. The van der Waals surface area contributed by atoms with E-state index in [1.54, 1.807) is 23.1 Å². The normalized spacial score (nSPS) is 29.2. The number of amides is 1. The fourth-order valence-electron chi connectivity index (χ4n) is 4.55. The summed E-state index contributed by atoms with van der Waals surface area (Å²) in [5.74, 6) is 0.268. The maximum Gasteiger partial charge on any atom is 0.411 e. The van der Waals surface area contributed by atoms with Gasteiger partial charge in [-0.2, -0.15) is 0 Å². The Labute approximate surface area is 205 Å². The van der Waals surface area contributed by atoms with Gasteiger partial charge in [0.15, 0.2) is 0 Å². The third-order valence-electron chi connectivity index (χ3n) is 7.30. The van der Waals surface area contributed by atoms with E-state index in [1.165, 1.54) is 7.11 Å². The zero-order valence-corrected chi connectivity index (χ0v) is 22.3. The molecule has 33 heavy (non-hydrogen) atoms. The summed E-state index contributed by atoms with van der Waals surface area (Å²) >= 11 is 13.1. The predicted molar refractivity (Wildman–Crippen MR) is 129 cm³/mol. The van der Waals surface area contributed by atoms with E-state index < -0.39 is 38.1 Å². The van der Waals surface area contributed by atoms with Crippen LogP contribution < -0.4 is 0 Å². The quantitative estimate of drug-likeness (QED) is 0.301. The van der Waals surface area contributed by atoms with Crippen molar-refractivity contribution < 1.29 is 23.5 Å². The van der Waals surface area contributed by atoms with Gasteiger partial charge < -0.3 is 13.9 Å². The van der Waals surface area contributed by atoms with E-state index in [0.29, 0.717) is 34.3 Å². The van der Waals surface area contributed by atoms with Crippen LogP contribution in [0.3, 0.4) is 0 Å². The molecule has 0 spiro atoms. The van der Waals surface area contributed by atoms with Crippen molar-refractivity contribution in [2.24, 2.45) is 0 Å².